The first-order valence-electron chi connectivity index (χ1n) is 11.5. The number of nitrogens with zero attached hydrogens (tertiary/aromatic N) is 2. The zero-order valence-corrected chi connectivity index (χ0v) is 19.5. The SMILES string of the molecule is OCC[C@@]1(O)COC2C1OC[C@H]2Oc1nc2nc(-c3ccc(-c4ccccc4)cc3)c(Cl)cc2[nH]1. The highest BCUT2D eigenvalue weighted by molar-refractivity contribution is 6.33. The van der Waals surface area contributed by atoms with E-state index < -0.39 is 23.9 Å². The molecular formula is C26H24ClN3O5. The van der Waals surface area contributed by atoms with Gasteiger partial charge in [-0.25, -0.2) is 4.98 Å². The molecule has 4 heterocycles. The first-order chi connectivity index (χ1) is 17.0. The molecule has 2 aliphatic heterocycles. The summed E-state index contributed by atoms with van der Waals surface area (Å²) in [6, 6.07) is 20.3. The van der Waals surface area contributed by atoms with E-state index in [0.29, 0.717) is 21.9 Å². The molecule has 0 amide bonds. The fourth-order valence-electron chi connectivity index (χ4n) is 4.82. The zero-order chi connectivity index (χ0) is 24.0. The summed E-state index contributed by atoms with van der Waals surface area (Å²) in [6.45, 7) is 0.186. The number of aliphatic hydroxyl groups excluding tert-OH is 1. The van der Waals surface area contributed by atoms with Crippen molar-refractivity contribution in [3.05, 3.63) is 65.7 Å². The molecular weight excluding hydrogens is 470 g/mol. The van der Waals surface area contributed by atoms with Crippen LogP contribution in [-0.2, 0) is 9.47 Å². The largest absolute Gasteiger partial charge is 0.456 e. The second kappa shape index (κ2) is 8.89. The van der Waals surface area contributed by atoms with Crippen LogP contribution >= 0.6 is 11.6 Å². The van der Waals surface area contributed by atoms with Crippen molar-refractivity contribution in [1.82, 2.24) is 15.0 Å². The van der Waals surface area contributed by atoms with Gasteiger partial charge >= 0.3 is 0 Å². The van der Waals surface area contributed by atoms with Crippen LogP contribution in [0.4, 0.5) is 0 Å². The minimum atomic E-state index is -1.22. The zero-order valence-electron chi connectivity index (χ0n) is 18.7. The number of nitrogens with one attached hydrogen (secondary N) is 1. The smallest absolute Gasteiger partial charge is 0.296 e. The van der Waals surface area contributed by atoms with Gasteiger partial charge in [0.05, 0.1) is 29.4 Å². The number of aromatic amines is 1. The van der Waals surface area contributed by atoms with Crippen molar-refractivity contribution < 1.29 is 24.4 Å². The van der Waals surface area contributed by atoms with Crippen LogP contribution in [0.1, 0.15) is 6.42 Å². The van der Waals surface area contributed by atoms with Gasteiger partial charge in [0.15, 0.2) is 11.8 Å². The number of rotatable bonds is 6. The summed E-state index contributed by atoms with van der Waals surface area (Å²) in [7, 11) is 0. The van der Waals surface area contributed by atoms with E-state index in [1.54, 1.807) is 6.07 Å². The van der Waals surface area contributed by atoms with Crippen molar-refractivity contribution in [3.8, 4) is 28.4 Å². The van der Waals surface area contributed by atoms with E-state index in [1.165, 1.54) is 0 Å². The number of benzene rings is 2. The molecule has 0 radical (unpaired) electrons. The summed E-state index contributed by atoms with van der Waals surface area (Å²) in [5, 5.41) is 20.4. The quantitative estimate of drug-likeness (QED) is 0.376. The molecule has 0 bridgehead atoms. The van der Waals surface area contributed by atoms with Gasteiger partial charge < -0.3 is 29.4 Å². The van der Waals surface area contributed by atoms with Crippen molar-refractivity contribution >= 4 is 22.8 Å². The van der Waals surface area contributed by atoms with Gasteiger partial charge in [-0.1, -0.05) is 66.2 Å². The van der Waals surface area contributed by atoms with Gasteiger partial charge in [0.2, 0.25) is 0 Å². The molecule has 2 fully saturated rings. The Hall–Kier alpha value is -3.01. The predicted molar refractivity (Wildman–Crippen MR) is 130 cm³/mol. The number of hydrogen-bond donors (Lipinski definition) is 3. The molecule has 9 heteroatoms. The van der Waals surface area contributed by atoms with Gasteiger partial charge in [-0.15, -0.1) is 0 Å². The highest BCUT2D eigenvalue weighted by Crippen LogP contribution is 2.38. The Morgan fingerprint density at radius 1 is 1.03 bits per heavy atom. The number of hydrogen-bond acceptors (Lipinski definition) is 7. The molecule has 2 aliphatic rings. The number of ether oxygens (including phenoxy) is 3. The van der Waals surface area contributed by atoms with E-state index >= 15 is 0 Å². The van der Waals surface area contributed by atoms with Crippen molar-refractivity contribution in [1.29, 1.82) is 0 Å². The third-order valence-electron chi connectivity index (χ3n) is 6.64. The first kappa shape index (κ1) is 22.5. The molecule has 2 unspecified atom stereocenters. The lowest BCUT2D eigenvalue weighted by molar-refractivity contribution is -0.0793. The molecule has 2 aromatic heterocycles. The van der Waals surface area contributed by atoms with Crippen molar-refractivity contribution in [2.24, 2.45) is 0 Å². The lowest BCUT2D eigenvalue weighted by Gasteiger charge is -2.25. The summed E-state index contributed by atoms with van der Waals surface area (Å²) in [5.74, 6) is 0. The van der Waals surface area contributed by atoms with E-state index in [0.717, 1.165) is 16.7 Å². The maximum atomic E-state index is 10.7. The van der Waals surface area contributed by atoms with Crippen LogP contribution in [0.25, 0.3) is 33.5 Å². The van der Waals surface area contributed by atoms with Crippen molar-refractivity contribution in [2.45, 2.75) is 30.3 Å². The number of pyridine rings is 1. The fourth-order valence-corrected chi connectivity index (χ4v) is 5.08. The Balaban J connectivity index is 1.22. The van der Waals surface area contributed by atoms with Gasteiger partial charge in [0.1, 0.15) is 17.8 Å². The highest BCUT2D eigenvalue weighted by atomic mass is 35.5. The maximum absolute atomic E-state index is 10.7. The number of aliphatic hydroxyl groups is 2. The van der Waals surface area contributed by atoms with Crippen LogP contribution in [0.3, 0.4) is 0 Å². The lowest BCUT2D eigenvalue weighted by atomic mass is 9.93. The standard InChI is InChI=1S/C26H24ClN3O5/c27-18-12-19-24(29-21(18)17-8-6-16(7-9-17)15-4-2-1-3-5-15)30-25(28-19)35-20-13-33-23-22(20)34-14-26(23,32)10-11-31/h1-9,12,20,22-23,31-32H,10-11,13-14H2,(H,28,29,30)/t20-,22?,23?,26-/m1/s1. The van der Waals surface area contributed by atoms with Gasteiger partial charge in [-0.2, -0.15) is 4.98 Å². The van der Waals surface area contributed by atoms with Crippen LogP contribution in [0.2, 0.25) is 5.02 Å². The average molecular weight is 494 g/mol. The molecule has 0 aliphatic carbocycles. The van der Waals surface area contributed by atoms with Gasteiger partial charge in [-0.3, -0.25) is 0 Å². The minimum absolute atomic E-state index is 0.0898. The molecule has 8 nitrogen and oxygen atoms in total. The van der Waals surface area contributed by atoms with E-state index in [-0.39, 0.29) is 32.3 Å². The molecule has 4 aromatic rings. The van der Waals surface area contributed by atoms with E-state index in [9.17, 15) is 10.2 Å². The summed E-state index contributed by atoms with van der Waals surface area (Å²) < 4.78 is 17.5. The van der Waals surface area contributed by atoms with Crippen LogP contribution in [0.5, 0.6) is 6.01 Å². The monoisotopic (exact) mass is 493 g/mol. The number of fused-ring (bicyclic) bond motifs is 2. The Morgan fingerprint density at radius 3 is 2.54 bits per heavy atom. The summed E-state index contributed by atoms with van der Waals surface area (Å²) in [5.41, 5.74) is 3.68. The van der Waals surface area contributed by atoms with E-state index in [2.05, 4.69) is 27.1 Å². The number of aromatic nitrogens is 3. The van der Waals surface area contributed by atoms with Crippen molar-refractivity contribution in [2.75, 3.05) is 19.8 Å². The van der Waals surface area contributed by atoms with Crippen LogP contribution in [-0.4, -0.2) is 68.9 Å². The first-order valence-corrected chi connectivity index (χ1v) is 11.9. The van der Waals surface area contributed by atoms with Crippen LogP contribution in [0.15, 0.2) is 60.7 Å². The topological polar surface area (TPSA) is 110 Å². The Kier molecular flexibility index (Phi) is 5.70. The maximum Gasteiger partial charge on any atom is 0.296 e. The Bertz CT molecular complexity index is 1350. The second-order valence-electron chi connectivity index (χ2n) is 8.94. The third-order valence-corrected chi connectivity index (χ3v) is 6.93. The summed E-state index contributed by atoms with van der Waals surface area (Å²) in [6.07, 6.45) is -1.27. The molecule has 180 valence electrons. The lowest BCUT2D eigenvalue weighted by Crippen LogP contribution is -2.44. The molecule has 6 rings (SSSR count). The summed E-state index contributed by atoms with van der Waals surface area (Å²) in [4.78, 5) is 12.3. The van der Waals surface area contributed by atoms with E-state index in [1.807, 2.05) is 42.5 Å². The third kappa shape index (κ3) is 4.07. The normalized spacial score (nSPS) is 25.7. The number of H-pyrrole nitrogens is 1. The Morgan fingerprint density at radius 2 is 1.77 bits per heavy atom. The summed E-state index contributed by atoms with van der Waals surface area (Å²) >= 11 is 6.57. The van der Waals surface area contributed by atoms with Gasteiger partial charge in [0, 0.05) is 18.6 Å². The second-order valence-corrected chi connectivity index (χ2v) is 9.35. The molecule has 4 atom stereocenters. The van der Waals surface area contributed by atoms with Crippen LogP contribution in [0, 0.1) is 0 Å². The average Bonchev–Trinajstić information content (AvgIpc) is 3.55. The molecule has 0 saturated carbocycles. The predicted octanol–water partition coefficient (Wildman–Crippen LogP) is 3.60. The molecule has 35 heavy (non-hydrogen) atoms. The van der Waals surface area contributed by atoms with Crippen molar-refractivity contribution in [3.63, 3.8) is 0 Å². The van der Waals surface area contributed by atoms with Gasteiger partial charge in [0.25, 0.3) is 6.01 Å². The van der Waals surface area contributed by atoms with Gasteiger partial charge in [-0.05, 0) is 17.2 Å². The number of halogens is 1. The molecule has 2 aromatic carbocycles. The highest BCUT2D eigenvalue weighted by Gasteiger charge is 2.56. The Labute approximate surface area is 206 Å². The molecule has 3 N–H and O–H groups in total. The fraction of sp³-hybridized carbons (Fsp3) is 0.308. The molecule has 2 saturated heterocycles. The van der Waals surface area contributed by atoms with Crippen LogP contribution < -0.4 is 4.74 Å². The molecule has 0 spiro atoms. The van der Waals surface area contributed by atoms with E-state index in [4.69, 9.17) is 25.8 Å². The minimum Gasteiger partial charge on any atom is -0.456 e. The number of imidazole rings is 1.